The summed E-state index contributed by atoms with van der Waals surface area (Å²) in [5.74, 6) is -2.08. The Morgan fingerprint density at radius 1 is 0.952 bits per heavy atom. The van der Waals surface area contributed by atoms with Gasteiger partial charge in [-0.25, -0.2) is 9.59 Å². The number of carboxylic acids is 2. The molecule has 0 aliphatic rings. The van der Waals surface area contributed by atoms with E-state index in [1.807, 2.05) is 13.8 Å². The summed E-state index contributed by atoms with van der Waals surface area (Å²) < 4.78 is 0. The summed E-state index contributed by atoms with van der Waals surface area (Å²) in [6.45, 7) is 4.05. The van der Waals surface area contributed by atoms with Crippen molar-refractivity contribution >= 4 is 41.5 Å². The van der Waals surface area contributed by atoms with Crippen LogP contribution in [0.3, 0.4) is 0 Å². The number of aromatic carboxylic acids is 2. The van der Waals surface area contributed by atoms with Crippen LogP contribution in [0.1, 0.15) is 71.4 Å². The SMILES string of the molecule is CCCCc1ccc(C(=O)O)c(CCCC)c1C(=O)O.[NaH]. The molecule has 0 saturated carbocycles. The predicted molar refractivity (Wildman–Crippen MR) is 84.7 cm³/mol. The number of carbonyl (C=O) groups is 2. The summed E-state index contributed by atoms with van der Waals surface area (Å²) in [7, 11) is 0. The molecule has 2 N–H and O–H groups in total. The first-order valence-corrected chi connectivity index (χ1v) is 7.14. The van der Waals surface area contributed by atoms with Crippen LogP contribution in [0.15, 0.2) is 12.1 Å². The second-order valence-corrected chi connectivity index (χ2v) is 4.94. The molecule has 0 radical (unpaired) electrons. The minimum absolute atomic E-state index is 0. The zero-order chi connectivity index (χ0) is 15.1. The number of carboxylic acid groups (broad SMARTS) is 2. The van der Waals surface area contributed by atoms with Gasteiger partial charge < -0.3 is 10.2 Å². The fraction of sp³-hybridized carbons (Fsp3) is 0.500. The Morgan fingerprint density at radius 2 is 1.52 bits per heavy atom. The third-order valence-corrected chi connectivity index (χ3v) is 3.42. The molecule has 5 heteroatoms. The molecule has 0 heterocycles. The molecule has 1 aromatic rings. The quantitative estimate of drug-likeness (QED) is 0.724. The van der Waals surface area contributed by atoms with Crippen molar-refractivity contribution < 1.29 is 19.8 Å². The van der Waals surface area contributed by atoms with Gasteiger partial charge in [0.25, 0.3) is 0 Å². The van der Waals surface area contributed by atoms with Crippen LogP contribution in [0.5, 0.6) is 0 Å². The molecule has 4 nitrogen and oxygen atoms in total. The Kier molecular flexibility index (Phi) is 9.58. The first-order chi connectivity index (χ1) is 9.52. The van der Waals surface area contributed by atoms with Gasteiger partial charge >= 0.3 is 41.5 Å². The van der Waals surface area contributed by atoms with Crippen LogP contribution < -0.4 is 0 Å². The van der Waals surface area contributed by atoms with Crippen molar-refractivity contribution in [3.63, 3.8) is 0 Å². The fourth-order valence-corrected chi connectivity index (χ4v) is 2.35. The molecule has 0 saturated heterocycles. The first-order valence-electron chi connectivity index (χ1n) is 7.14. The van der Waals surface area contributed by atoms with Crippen LogP contribution in [0.4, 0.5) is 0 Å². The standard InChI is InChI=1S/C16H22O4.Na.H/c1-3-5-7-11-9-10-13(15(17)18)12(8-6-4-2)14(11)16(19)20;;/h9-10H,3-8H2,1-2H3,(H,17,18)(H,19,20);;. The third-order valence-electron chi connectivity index (χ3n) is 3.42. The van der Waals surface area contributed by atoms with Crippen LogP contribution in [-0.4, -0.2) is 51.7 Å². The minimum atomic E-state index is -1.05. The summed E-state index contributed by atoms with van der Waals surface area (Å²) in [5.41, 5.74) is 1.54. The summed E-state index contributed by atoms with van der Waals surface area (Å²) in [4.78, 5) is 22.8. The van der Waals surface area contributed by atoms with E-state index in [9.17, 15) is 19.8 Å². The van der Waals surface area contributed by atoms with Gasteiger partial charge in [0.1, 0.15) is 0 Å². The Morgan fingerprint density at radius 3 is 2.00 bits per heavy atom. The molecule has 0 spiro atoms. The van der Waals surface area contributed by atoms with Crippen molar-refractivity contribution in [3.8, 4) is 0 Å². The van der Waals surface area contributed by atoms with E-state index in [2.05, 4.69) is 0 Å². The van der Waals surface area contributed by atoms with Crippen LogP contribution in [-0.2, 0) is 12.8 Å². The molecule has 0 atom stereocenters. The molecule has 0 bridgehead atoms. The van der Waals surface area contributed by atoms with Crippen molar-refractivity contribution in [2.45, 2.75) is 52.4 Å². The van der Waals surface area contributed by atoms with Crippen LogP contribution in [0.25, 0.3) is 0 Å². The van der Waals surface area contributed by atoms with E-state index in [1.54, 1.807) is 12.1 Å². The second-order valence-electron chi connectivity index (χ2n) is 4.94. The Hall–Kier alpha value is -0.840. The summed E-state index contributed by atoms with van der Waals surface area (Å²) >= 11 is 0. The number of benzene rings is 1. The third kappa shape index (κ3) is 5.46. The van der Waals surface area contributed by atoms with E-state index < -0.39 is 11.9 Å². The monoisotopic (exact) mass is 302 g/mol. The van der Waals surface area contributed by atoms with Gasteiger partial charge in [0.05, 0.1) is 11.1 Å². The Labute approximate surface area is 147 Å². The summed E-state index contributed by atoms with van der Waals surface area (Å²) in [6, 6.07) is 3.20. The molecule has 0 unspecified atom stereocenters. The normalized spacial score (nSPS) is 10.0. The zero-order valence-corrected chi connectivity index (χ0v) is 12.1. The Bertz CT molecular complexity index is 497. The predicted octanol–water partition coefficient (Wildman–Crippen LogP) is 3.12. The van der Waals surface area contributed by atoms with E-state index in [4.69, 9.17) is 0 Å². The number of unbranched alkanes of at least 4 members (excludes halogenated alkanes) is 2. The van der Waals surface area contributed by atoms with E-state index in [0.717, 1.165) is 31.2 Å². The van der Waals surface area contributed by atoms with E-state index in [-0.39, 0.29) is 40.7 Å². The molecule has 1 rings (SSSR count). The van der Waals surface area contributed by atoms with Gasteiger partial charge in [0, 0.05) is 0 Å². The van der Waals surface area contributed by atoms with Crippen LogP contribution >= 0.6 is 0 Å². The van der Waals surface area contributed by atoms with E-state index in [1.165, 1.54) is 0 Å². The van der Waals surface area contributed by atoms with E-state index >= 15 is 0 Å². The van der Waals surface area contributed by atoms with Crippen molar-refractivity contribution in [1.29, 1.82) is 0 Å². The van der Waals surface area contributed by atoms with Crippen molar-refractivity contribution in [1.82, 2.24) is 0 Å². The van der Waals surface area contributed by atoms with Crippen molar-refractivity contribution in [2.75, 3.05) is 0 Å². The van der Waals surface area contributed by atoms with Gasteiger partial charge in [-0.05, 0) is 42.9 Å². The number of rotatable bonds is 8. The average Bonchev–Trinajstić information content (AvgIpc) is 2.41. The van der Waals surface area contributed by atoms with Crippen LogP contribution in [0, 0.1) is 0 Å². The first kappa shape index (κ1) is 20.2. The molecule has 112 valence electrons. The topological polar surface area (TPSA) is 74.6 Å². The van der Waals surface area contributed by atoms with Gasteiger partial charge in [0.2, 0.25) is 0 Å². The van der Waals surface area contributed by atoms with Gasteiger partial charge in [-0.2, -0.15) is 0 Å². The summed E-state index contributed by atoms with van der Waals surface area (Å²) in [5, 5.41) is 18.7. The van der Waals surface area contributed by atoms with E-state index in [0.29, 0.717) is 18.4 Å². The van der Waals surface area contributed by atoms with Gasteiger partial charge in [-0.1, -0.05) is 32.8 Å². The second kappa shape index (κ2) is 9.98. The van der Waals surface area contributed by atoms with Crippen molar-refractivity contribution in [2.24, 2.45) is 0 Å². The van der Waals surface area contributed by atoms with Gasteiger partial charge in [-0.15, -0.1) is 0 Å². The number of hydrogen-bond donors (Lipinski definition) is 2. The maximum atomic E-state index is 11.6. The molecule has 0 aliphatic heterocycles. The van der Waals surface area contributed by atoms with Gasteiger partial charge in [-0.3, -0.25) is 0 Å². The molecular weight excluding hydrogens is 279 g/mol. The molecule has 0 aliphatic carbocycles. The van der Waals surface area contributed by atoms with Gasteiger partial charge in [0.15, 0.2) is 0 Å². The molecule has 1 aromatic carbocycles. The average molecular weight is 302 g/mol. The molecular formula is C16H23NaO4. The van der Waals surface area contributed by atoms with Crippen molar-refractivity contribution in [3.05, 3.63) is 34.4 Å². The Balaban J connectivity index is 0.00000400. The molecule has 0 fully saturated rings. The summed E-state index contributed by atoms with van der Waals surface area (Å²) in [6.07, 6.45) is 4.75. The maximum absolute atomic E-state index is 11.6. The van der Waals surface area contributed by atoms with Crippen LogP contribution in [0.2, 0.25) is 0 Å². The zero-order valence-electron chi connectivity index (χ0n) is 12.1. The molecule has 0 aromatic heterocycles. The molecule has 21 heavy (non-hydrogen) atoms. The fourth-order valence-electron chi connectivity index (χ4n) is 2.35. The number of aryl methyl sites for hydroxylation is 1. The molecule has 0 amide bonds. The number of hydrogen-bond acceptors (Lipinski definition) is 2.